The van der Waals surface area contributed by atoms with Gasteiger partial charge in [0.05, 0.1) is 0 Å². The van der Waals surface area contributed by atoms with E-state index in [0.717, 1.165) is 103 Å². The molecule has 0 saturated carbocycles. The third-order valence-corrected chi connectivity index (χ3v) is 16.8. The van der Waals surface area contributed by atoms with Crippen LogP contribution in [0.1, 0.15) is 466 Å². The van der Waals surface area contributed by atoms with Gasteiger partial charge in [-0.2, -0.15) is 0 Å². The molecule has 0 aliphatic carbocycles. The van der Waals surface area contributed by atoms with E-state index < -0.39 is 47.8 Å². The number of nitrogens with two attached hydrogens (primary N) is 1. The van der Waals surface area contributed by atoms with E-state index in [1.807, 2.05) is 0 Å². The Morgan fingerprint density at radius 3 is 0.413 bits per heavy atom. The van der Waals surface area contributed by atoms with Gasteiger partial charge in [-0.25, -0.2) is 0 Å². The smallest absolute Gasteiger partial charge is 0.303 e. The molecule has 11 N–H and O–H groups in total. The van der Waals surface area contributed by atoms with Gasteiger partial charge < -0.3 is 51.7 Å². The van der Waals surface area contributed by atoms with Crippen molar-refractivity contribution in [2.24, 2.45) is 0 Å². The molecule has 1 aromatic rings. The molecule has 0 unspecified atom stereocenters. The molecule has 0 aliphatic rings. The summed E-state index contributed by atoms with van der Waals surface area (Å²) in [7, 11) is 0. The predicted octanol–water partition coefficient (Wildman–Crippen LogP) is 26.7. The number of hydrogen-bond acceptors (Lipinski definition) is 10. The average molecular weight is 1490 g/mol. The maximum Gasteiger partial charge on any atom is 0.303 e. The lowest BCUT2D eigenvalue weighted by Gasteiger charge is -1.98. The topological polar surface area (TPSA) is 345 Å². The van der Waals surface area contributed by atoms with Crippen molar-refractivity contribution in [3.63, 3.8) is 0 Å². The molecule has 0 amide bonds. The average Bonchev–Trinajstić information content (AvgIpc) is 1.19. The Morgan fingerprint density at radius 2 is 0.327 bits per heavy atom. The standard InChI is InChI=1S/8C10H20O2.C6H7NO/c8*1-2-3-4-5-6-7-8-9-10(11)12;7-5-2-1-3-6(8)4-5/h8*2-9H2,1H3,(H,11,12);1-4,8H,7H2. The molecule has 0 saturated heterocycles. The molecule has 0 bridgehead atoms. The molecule has 104 heavy (non-hydrogen) atoms. The molecule has 1 aromatic carbocycles. The zero-order chi connectivity index (χ0) is 79.9. The van der Waals surface area contributed by atoms with E-state index in [1.165, 1.54) is 263 Å². The minimum atomic E-state index is -0.663. The second-order valence-corrected chi connectivity index (χ2v) is 27.7. The van der Waals surface area contributed by atoms with Crippen molar-refractivity contribution in [3.05, 3.63) is 24.3 Å². The lowest BCUT2D eigenvalue weighted by atomic mass is 10.1. The fourth-order valence-electron chi connectivity index (χ4n) is 10.4. The van der Waals surface area contributed by atoms with Crippen LogP contribution in [0.25, 0.3) is 0 Å². The van der Waals surface area contributed by atoms with Crippen LogP contribution in [0.4, 0.5) is 5.69 Å². The number of aromatic hydroxyl groups is 1. The number of carbonyl (C=O) groups is 8. The van der Waals surface area contributed by atoms with Gasteiger partial charge in [0.2, 0.25) is 0 Å². The molecule has 18 nitrogen and oxygen atoms in total. The van der Waals surface area contributed by atoms with Crippen LogP contribution < -0.4 is 5.73 Å². The van der Waals surface area contributed by atoms with Crippen LogP contribution in [0.5, 0.6) is 5.75 Å². The van der Waals surface area contributed by atoms with Gasteiger partial charge in [-0.3, -0.25) is 38.4 Å². The van der Waals surface area contributed by atoms with Crippen molar-refractivity contribution in [2.45, 2.75) is 466 Å². The van der Waals surface area contributed by atoms with Crippen LogP contribution in [-0.4, -0.2) is 93.7 Å². The quantitative estimate of drug-likeness (QED) is 0.0214. The Balaban J connectivity index is -0.000000166. The Bertz CT molecular complexity index is 1560. The Hall–Kier alpha value is -5.42. The second-order valence-electron chi connectivity index (χ2n) is 27.7. The highest BCUT2D eigenvalue weighted by atomic mass is 16.4. The van der Waals surface area contributed by atoms with Gasteiger partial charge in [0.25, 0.3) is 0 Å². The summed E-state index contributed by atoms with van der Waals surface area (Å²) < 4.78 is 0. The van der Waals surface area contributed by atoms with Gasteiger partial charge in [0.1, 0.15) is 5.75 Å². The first-order valence-electron chi connectivity index (χ1n) is 42.2. The minimum absolute atomic E-state index is 0.213. The van der Waals surface area contributed by atoms with Gasteiger partial charge in [-0.15, -0.1) is 0 Å². The Kier molecular flexibility index (Phi) is 117. The van der Waals surface area contributed by atoms with Crippen LogP contribution in [0.15, 0.2) is 24.3 Å². The number of phenolic OH excluding ortho intramolecular Hbond substituents is 1. The predicted molar refractivity (Wildman–Crippen MR) is 434 cm³/mol. The molecule has 0 spiro atoms. The first kappa shape index (κ1) is 114. The molecule has 18 heteroatoms. The van der Waals surface area contributed by atoms with Crippen LogP contribution >= 0.6 is 0 Å². The molecule has 0 heterocycles. The van der Waals surface area contributed by atoms with Gasteiger partial charge in [0, 0.05) is 63.1 Å². The van der Waals surface area contributed by atoms with Crippen molar-refractivity contribution in [1.82, 2.24) is 0 Å². The molecule has 0 aliphatic heterocycles. The number of nitrogen functional groups attached to an aromatic ring is 1. The van der Waals surface area contributed by atoms with Gasteiger partial charge >= 0.3 is 47.8 Å². The largest absolute Gasteiger partial charge is 0.508 e. The first-order chi connectivity index (χ1) is 49.9. The molecule has 0 radical (unpaired) electrons. The highest BCUT2D eigenvalue weighted by Gasteiger charge is 2.02. The molecule has 618 valence electrons. The maximum atomic E-state index is 10.1. The summed E-state index contributed by atoms with van der Waals surface area (Å²) in [5, 5.41) is 75.6. The first-order valence-corrected chi connectivity index (χ1v) is 42.2. The zero-order valence-corrected chi connectivity index (χ0v) is 68.4. The normalized spacial score (nSPS) is 10.0. The van der Waals surface area contributed by atoms with E-state index in [-0.39, 0.29) is 5.75 Å². The third kappa shape index (κ3) is 150. The van der Waals surface area contributed by atoms with E-state index >= 15 is 0 Å². The second kappa shape index (κ2) is 106. The zero-order valence-electron chi connectivity index (χ0n) is 68.4. The number of rotatable bonds is 64. The molecule has 0 fully saturated rings. The van der Waals surface area contributed by atoms with Crippen LogP contribution in [0.3, 0.4) is 0 Å². The number of unbranched alkanes of at least 4 members (excludes halogenated alkanes) is 48. The number of hydrogen-bond donors (Lipinski definition) is 10. The SMILES string of the molecule is CCCCCCCCCC(=O)O.CCCCCCCCCC(=O)O.CCCCCCCCCC(=O)O.CCCCCCCCCC(=O)O.CCCCCCCCCC(=O)O.CCCCCCCCCC(=O)O.CCCCCCCCCC(=O)O.CCCCCCCCCC(=O)O.Nc1cccc(O)c1. The number of anilines is 1. The van der Waals surface area contributed by atoms with Gasteiger partial charge in [0.15, 0.2) is 0 Å². The summed E-state index contributed by atoms with van der Waals surface area (Å²) in [4.78, 5) is 81.1. The number of benzene rings is 1. The van der Waals surface area contributed by atoms with Crippen molar-refractivity contribution in [1.29, 1.82) is 0 Å². The van der Waals surface area contributed by atoms with Gasteiger partial charge in [-0.1, -0.05) is 370 Å². The Labute approximate surface area is 636 Å². The van der Waals surface area contributed by atoms with E-state index in [2.05, 4.69) is 55.4 Å². The minimum Gasteiger partial charge on any atom is -0.508 e. The van der Waals surface area contributed by atoms with Gasteiger partial charge in [-0.05, 0) is 63.5 Å². The summed E-state index contributed by atoms with van der Waals surface area (Å²) in [6.07, 6.45) is 69.1. The monoisotopic (exact) mass is 1490 g/mol. The van der Waals surface area contributed by atoms with Crippen LogP contribution in [0.2, 0.25) is 0 Å². The number of phenols is 1. The highest BCUT2D eigenvalue weighted by Crippen LogP contribution is 2.15. The van der Waals surface area contributed by atoms with Crippen molar-refractivity contribution in [3.8, 4) is 5.75 Å². The molecule has 0 aromatic heterocycles. The number of carboxylic acids is 8. The summed E-state index contributed by atoms with van der Waals surface area (Å²) in [5.74, 6) is -5.09. The number of aliphatic carboxylic acids is 8. The molecule has 0 atom stereocenters. The molecule has 1 rings (SSSR count). The lowest BCUT2D eigenvalue weighted by molar-refractivity contribution is -0.138. The lowest BCUT2D eigenvalue weighted by Crippen LogP contribution is -1.93. The van der Waals surface area contributed by atoms with E-state index in [0.29, 0.717) is 57.1 Å². The summed E-state index contributed by atoms with van der Waals surface area (Å²) in [6.45, 7) is 17.6. The summed E-state index contributed by atoms with van der Waals surface area (Å²) >= 11 is 0. The van der Waals surface area contributed by atoms with Crippen molar-refractivity contribution >= 4 is 53.4 Å². The summed E-state index contributed by atoms with van der Waals surface area (Å²) in [6, 6.07) is 6.50. The fourth-order valence-corrected chi connectivity index (χ4v) is 10.4. The van der Waals surface area contributed by atoms with Crippen molar-refractivity contribution in [2.75, 3.05) is 5.73 Å². The Morgan fingerprint density at radius 1 is 0.212 bits per heavy atom. The molecular weight excluding hydrogens is 1320 g/mol. The van der Waals surface area contributed by atoms with E-state index in [1.54, 1.807) is 18.2 Å². The maximum absolute atomic E-state index is 10.1. The highest BCUT2D eigenvalue weighted by molar-refractivity contribution is 5.68. The summed E-state index contributed by atoms with van der Waals surface area (Å²) in [5.41, 5.74) is 5.89. The van der Waals surface area contributed by atoms with Crippen LogP contribution in [-0.2, 0) is 38.4 Å². The van der Waals surface area contributed by atoms with Crippen LogP contribution in [0, 0.1) is 0 Å². The molecular formula is C86H167NO17. The van der Waals surface area contributed by atoms with Crippen molar-refractivity contribution < 1.29 is 84.3 Å². The number of carboxylic acid groups (broad SMARTS) is 8. The fraction of sp³-hybridized carbons (Fsp3) is 0.837. The van der Waals surface area contributed by atoms with E-state index in [4.69, 9.17) is 51.7 Å². The third-order valence-electron chi connectivity index (χ3n) is 16.8. The van der Waals surface area contributed by atoms with E-state index in [9.17, 15) is 38.4 Å².